The molecule has 5 rings (SSSR count). The molecule has 0 bridgehead atoms. The summed E-state index contributed by atoms with van der Waals surface area (Å²) in [5, 5.41) is 7.23. The van der Waals surface area contributed by atoms with Crippen molar-refractivity contribution in [3.8, 4) is 10.6 Å². The van der Waals surface area contributed by atoms with E-state index in [9.17, 15) is 9.59 Å². The van der Waals surface area contributed by atoms with Gasteiger partial charge in [-0.15, -0.1) is 11.3 Å². The van der Waals surface area contributed by atoms with Crippen LogP contribution < -0.4 is 5.69 Å². The molecule has 0 unspecified atom stereocenters. The molecular weight excluding hydrogens is 386 g/mol. The van der Waals surface area contributed by atoms with Crippen molar-refractivity contribution in [2.75, 3.05) is 13.1 Å². The normalized spacial score (nSPS) is 17.6. The zero-order valence-corrected chi connectivity index (χ0v) is 17.1. The van der Waals surface area contributed by atoms with Crippen molar-refractivity contribution in [1.29, 1.82) is 0 Å². The van der Waals surface area contributed by atoms with E-state index in [0.717, 1.165) is 42.1 Å². The quantitative estimate of drug-likeness (QED) is 0.664. The Kier molecular flexibility index (Phi) is 4.58. The Labute approximate surface area is 172 Å². The van der Waals surface area contributed by atoms with E-state index in [2.05, 4.69) is 10.1 Å². The van der Waals surface area contributed by atoms with Gasteiger partial charge in [-0.25, -0.2) is 14.5 Å². The third-order valence-electron chi connectivity index (χ3n) is 5.79. The molecule has 8 heteroatoms. The number of hydrogen-bond acceptors (Lipinski definition) is 5. The van der Waals surface area contributed by atoms with Crippen LogP contribution in [0.5, 0.6) is 0 Å². The van der Waals surface area contributed by atoms with Gasteiger partial charge in [-0.3, -0.25) is 9.36 Å². The molecule has 1 amide bonds. The number of benzene rings is 1. The summed E-state index contributed by atoms with van der Waals surface area (Å²) in [6.45, 7) is 1.33. The molecule has 1 aromatic carbocycles. The predicted octanol–water partition coefficient (Wildman–Crippen LogP) is 3.06. The third-order valence-corrected chi connectivity index (χ3v) is 6.68. The van der Waals surface area contributed by atoms with Gasteiger partial charge < -0.3 is 4.90 Å². The smallest absolute Gasteiger partial charge is 0.337 e. The maximum atomic E-state index is 12.9. The lowest BCUT2D eigenvalue weighted by Crippen LogP contribution is -2.38. The number of rotatable bonds is 4. The third kappa shape index (κ3) is 3.42. The van der Waals surface area contributed by atoms with E-state index >= 15 is 0 Å². The molecule has 150 valence electrons. The molecule has 7 nitrogen and oxygen atoms in total. The second-order valence-electron chi connectivity index (χ2n) is 7.84. The molecule has 3 heterocycles. The summed E-state index contributed by atoms with van der Waals surface area (Å²) in [4.78, 5) is 31.7. The van der Waals surface area contributed by atoms with E-state index < -0.39 is 0 Å². The summed E-state index contributed by atoms with van der Waals surface area (Å²) in [7, 11) is 1.72. The molecule has 0 atom stereocenters. The van der Waals surface area contributed by atoms with Gasteiger partial charge in [-0.1, -0.05) is 30.3 Å². The Morgan fingerprint density at radius 2 is 1.83 bits per heavy atom. The van der Waals surface area contributed by atoms with E-state index in [1.54, 1.807) is 7.05 Å². The van der Waals surface area contributed by atoms with Crippen LogP contribution in [0.1, 0.15) is 54.0 Å². The lowest BCUT2D eigenvalue weighted by Gasteiger charge is -2.31. The van der Waals surface area contributed by atoms with Crippen molar-refractivity contribution in [3.63, 3.8) is 0 Å². The molecule has 2 fully saturated rings. The van der Waals surface area contributed by atoms with Gasteiger partial charge in [0.2, 0.25) is 0 Å². The van der Waals surface area contributed by atoms with Crippen molar-refractivity contribution in [1.82, 2.24) is 24.2 Å². The standard InChI is InChI=1S/C21H23N5O2S/c1-24-21(28)26(16-7-8-16)18(23-24)14-9-11-25(12-10-14)20(27)17-13-29-19(22-17)15-5-3-2-4-6-15/h2-6,13-14,16H,7-12H2,1H3. The number of nitrogens with zero attached hydrogens (tertiary/aromatic N) is 5. The zero-order chi connectivity index (χ0) is 20.0. The number of thiazole rings is 1. The van der Waals surface area contributed by atoms with E-state index in [1.807, 2.05) is 45.2 Å². The molecule has 1 saturated carbocycles. The van der Waals surface area contributed by atoms with Crippen LogP contribution in [0.25, 0.3) is 10.6 Å². The van der Waals surface area contributed by atoms with Gasteiger partial charge in [0.15, 0.2) is 0 Å². The summed E-state index contributed by atoms with van der Waals surface area (Å²) >= 11 is 1.50. The predicted molar refractivity (Wildman–Crippen MR) is 111 cm³/mol. The number of piperidine rings is 1. The fourth-order valence-electron chi connectivity index (χ4n) is 4.04. The second-order valence-corrected chi connectivity index (χ2v) is 8.69. The molecule has 29 heavy (non-hydrogen) atoms. The minimum absolute atomic E-state index is 0.0116. The first kappa shape index (κ1) is 18.3. The highest BCUT2D eigenvalue weighted by Gasteiger charge is 2.34. The van der Waals surface area contributed by atoms with Crippen LogP contribution in [0.4, 0.5) is 0 Å². The van der Waals surface area contributed by atoms with Gasteiger partial charge in [-0.05, 0) is 25.7 Å². The average Bonchev–Trinajstić information content (AvgIpc) is 3.39. The molecule has 0 radical (unpaired) electrons. The molecule has 1 aliphatic carbocycles. The average molecular weight is 410 g/mol. The van der Waals surface area contributed by atoms with Crippen LogP contribution >= 0.6 is 11.3 Å². The molecule has 0 N–H and O–H groups in total. The van der Waals surface area contributed by atoms with Gasteiger partial charge in [-0.2, -0.15) is 5.10 Å². The molecule has 1 aliphatic heterocycles. The number of aryl methyl sites for hydroxylation is 1. The molecule has 0 spiro atoms. The Balaban J connectivity index is 1.28. The molecular formula is C21H23N5O2S. The fourth-order valence-corrected chi connectivity index (χ4v) is 4.84. The Bertz CT molecular complexity index is 1090. The topological polar surface area (TPSA) is 73.0 Å². The number of likely N-dealkylation sites (tertiary alicyclic amines) is 1. The van der Waals surface area contributed by atoms with Crippen molar-refractivity contribution >= 4 is 17.2 Å². The van der Waals surface area contributed by atoms with E-state index in [1.165, 1.54) is 16.0 Å². The monoisotopic (exact) mass is 409 g/mol. The first-order chi connectivity index (χ1) is 14.1. The minimum atomic E-state index is -0.0167. The van der Waals surface area contributed by atoms with Crippen molar-refractivity contribution < 1.29 is 4.79 Å². The number of amides is 1. The highest BCUT2D eigenvalue weighted by atomic mass is 32.1. The SMILES string of the molecule is Cn1nc(C2CCN(C(=O)c3csc(-c4ccccc4)n3)CC2)n(C2CC2)c1=O. The Morgan fingerprint density at radius 3 is 2.52 bits per heavy atom. The van der Waals surface area contributed by atoms with E-state index in [0.29, 0.717) is 24.8 Å². The number of carbonyl (C=O) groups is 1. The summed E-state index contributed by atoms with van der Waals surface area (Å²) < 4.78 is 3.33. The van der Waals surface area contributed by atoms with Crippen molar-refractivity contribution in [3.05, 3.63) is 57.7 Å². The minimum Gasteiger partial charge on any atom is -0.337 e. The maximum Gasteiger partial charge on any atom is 0.345 e. The van der Waals surface area contributed by atoms with Crippen molar-refractivity contribution in [2.24, 2.45) is 7.05 Å². The summed E-state index contributed by atoms with van der Waals surface area (Å²) in [5.74, 6) is 1.11. The van der Waals surface area contributed by atoms with E-state index in [-0.39, 0.29) is 17.5 Å². The molecule has 3 aromatic rings. The highest BCUT2D eigenvalue weighted by Crippen LogP contribution is 2.37. The highest BCUT2D eigenvalue weighted by molar-refractivity contribution is 7.13. The maximum absolute atomic E-state index is 12.9. The van der Waals surface area contributed by atoms with Crippen molar-refractivity contribution in [2.45, 2.75) is 37.6 Å². The Hall–Kier alpha value is -2.74. The van der Waals surface area contributed by atoms with Crippen LogP contribution in [0, 0.1) is 0 Å². The van der Waals surface area contributed by atoms with Crippen LogP contribution in [0.2, 0.25) is 0 Å². The lowest BCUT2D eigenvalue weighted by atomic mass is 9.95. The number of hydrogen-bond donors (Lipinski definition) is 0. The lowest BCUT2D eigenvalue weighted by molar-refractivity contribution is 0.0705. The summed E-state index contributed by atoms with van der Waals surface area (Å²) in [6, 6.07) is 10.2. The van der Waals surface area contributed by atoms with Crippen LogP contribution in [-0.2, 0) is 7.05 Å². The second kappa shape index (κ2) is 7.26. The van der Waals surface area contributed by atoms with Gasteiger partial charge in [0.05, 0.1) is 0 Å². The van der Waals surface area contributed by atoms with Gasteiger partial charge in [0, 0.05) is 43.0 Å². The number of carbonyl (C=O) groups excluding carboxylic acids is 1. The van der Waals surface area contributed by atoms with E-state index in [4.69, 9.17) is 0 Å². The Morgan fingerprint density at radius 1 is 1.10 bits per heavy atom. The summed E-state index contributed by atoms with van der Waals surface area (Å²) in [5.41, 5.74) is 1.53. The zero-order valence-electron chi connectivity index (χ0n) is 16.3. The van der Waals surface area contributed by atoms with Crippen LogP contribution in [0.3, 0.4) is 0 Å². The fraction of sp³-hybridized carbons (Fsp3) is 0.429. The summed E-state index contributed by atoms with van der Waals surface area (Å²) in [6.07, 6.45) is 3.77. The number of aromatic nitrogens is 4. The van der Waals surface area contributed by atoms with Crippen LogP contribution in [0.15, 0.2) is 40.5 Å². The van der Waals surface area contributed by atoms with Gasteiger partial charge in [0.25, 0.3) is 5.91 Å². The van der Waals surface area contributed by atoms with Crippen LogP contribution in [-0.4, -0.2) is 43.2 Å². The first-order valence-electron chi connectivity index (χ1n) is 10.1. The first-order valence-corrected chi connectivity index (χ1v) is 11.0. The molecule has 2 aromatic heterocycles. The molecule has 2 aliphatic rings. The van der Waals surface area contributed by atoms with Gasteiger partial charge >= 0.3 is 5.69 Å². The largest absolute Gasteiger partial charge is 0.345 e. The molecule has 1 saturated heterocycles. The van der Waals surface area contributed by atoms with Gasteiger partial charge in [0.1, 0.15) is 16.5 Å².